The van der Waals surface area contributed by atoms with Gasteiger partial charge in [-0.2, -0.15) is 0 Å². The molecule has 1 aliphatic carbocycles. The Kier molecular flexibility index (Phi) is 6.15. The van der Waals surface area contributed by atoms with Crippen molar-refractivity contribution < 1.29 is 13.2 Å². The maximum absolute atomic E-state index is 12.4. The van der Waals surface area contributed by atoms with Crippen LogP contribution in [0.5, 0.6) is 0 Å². The first kappa shape index (κ1) is 21.8. The predicted molar refractivity (Wildman–Crippen MR) is 130 cm³/mol. The molecule has 5 nitrogen and oxygen atoms in total. The van der Waals surface area contributed by atoms with Crippen LogP contribution in [0.2, 0.25) is 0 Å². The van der Waals surface area contributed by atoms with E-state index in [9.17, 15) is 13.2 Å². The first-order chi connectivity index (χ1) is 15.3. The Morgan fingerprint density at radius 1 is 0.938 bits per heavy atom. The van der Waals surface area contributed by atoms with E-state index in [0.717, 1.165) is 59.3 Å². The van der Waals surface area contributed by atoms with Crippen molar-refractivity contribution in [1.29, 1.82) is 0 Å². The summed E-state index contributed by atoms with van der Waals surface area (Å²) in [5.41, 5.74) is 11.7. The number of allylic oxidation sites excluding steroid dienone is 2. The molecule has 0 radical (unpaired) electrons. The van der Waals surface area contributed by atoms with Gasteiger partial charge in [0.1, 0.15) is 0 Å². The van der Waals surface area contributed by atoms with Crippen molar-refractivity contribution in [2.45, 2.75) is 30.6 Å². The van der Waals surface area contributed by atoms with Gasteiger partial charge in [-0.25, -0.2) is 8.42 Å². The molecular weight excluding hydrogens is 420 g/mol. The van der Waals surface area contributed by atoms with Crippen LogP contribution < -0.4 is 11.1 Å². The summed E-state index contributed by atoms with van der Waals surface area (Å²) in [7, 11) is -3.28. The van der Waals surface area contributed by atoms with Crippen molar-refractivity contribution in [2.24, 2.45) is 5.73 Å². The topological polar surface area (TPSA) is 89.3 Å². The first-order valence-corrected chi connectivity index (χ1v) is 12.5. The van der Waals surface area contributed by atoms with Crippen LogP contribution in [0.15, 0.2) is 77.7 Å². The second-order valence-corrected chi connectivity index (χ2v) is 10.1. The van der Waals surface area contributed by atoms with Gasteiger partial charge < -0.3 is 11.1 Å². The van der Waals surface area contributed by atoms with Crippen LogP contribution in [-0.4, -0.2) is 20.6 Å². The lowest BCUT2D eigenvalue weighted by molar-refractivity contribution is 0.1000. The molecule has 164 valence electrons. The number of primary amides is 1. The zero-order valence-corrected chi connectivity index (χ0v) is 18.8. The molecule has 0 atom stereocenters. The molecule has 0 fully saturated rings. The summed E-state index contributed by atoms with van der Waals surface area (Å²) >= 11 is 0. The lowest BCUT2D eigenvalue weighted by Crippen LogP contribution is -2.16. The van der Waals surface area contributed by atoms with Crippen molar-refractivity contribution in [3.8, 4) is 11.1 Å². The summed E-state index contributed by atoms with van der Waals surface area (Å²) in [4.78, 5) is 12.6. The van der Waals surface area contributed by atoms with Gasteiger partial charge in [0.25, 0.3) is 0 Å². The average molecular weight is 447 g/mol. The number of benzene rings is 3. The van der Waals surface area contributed by atoms with Gasteiger partial charge in [0.05, 0.1) is 10.6 Å². The molecule has 1 aliphatic rings. The maximum atomic E-state index is 12.4. The zero-order chi connectivity index (χ0) is 22.7. The lowest BCUT2D eigenvalue weighted by Gasteiger charge is -2.23. The number of carbonyl (C=O) groups is 1. The third kappa shape index (κ3) is 4.60. The Bertz CT molecular complexity index is 1280. The Morgan fingerprint density at radius 2 is 1.66 bits per heavy atom. The van der Waals surface area contributed by atoms with E-state index in [2.05, 4.69) is 11.4 Å². The molecule has 3 aromatic carbocycles. The van der Waals surface area contributed by atoms with Gasteiger partial charge in [-0.1, -0.05) is 42.5 Å². The lowest BCUT2D eigenvalue weighted by atomic mass is 9.86. The number of hydrogen-bond acceptors (Lipinski definition) is 4. The van der Waals surface area contributed by atoms with Crippen molar-refractivity contribution >= 4 is 32.7 Å². The van der Waals surface area contributed by atoms with Gasteiger partial charge in [0, 0.05) is 28.6 Å². The summed E-state index contributed by atoms with van der Waals surface area (Å²) in [6, 6.07) is 20.3. The van der Waals surface area contributed by atoms with Crippen LogP contribution in [0, 0.1) is 0 Å². The van der Waals surface area contributed by atoms with Gasteiger partial charge >= 0.3 is 0 Å². The third-order valence-corrected chi connectivity index (χ3v) is 6.85. The van der Waals surface area contributed by atoms with Crippen LogP contribution >= 0.6 is 0 Å². The normalized spacial score (nSPS) is 14.0. The van der Waals surface area contributed by atoms with E-state index in [0.29, 0.717) is 5.56 Å². The van der Waals surface area contributed by atoms with Crippen LogP contribution in [-0.2, 0) is 9.84 Å². The minimum absolute atomic E-state index is 0.257. The molecule has 0 heterocycles. The van der Waals surface area contributed by atoms with E-state index in [1.807, 2.05) is 36.4 Å². The number of anilines is 2. The number of carbonyl (C=O) groups excluding carboxylic acids is 1. The molecule has 0 aliphatic heterocycles. The quantitative estimate of drug-likeness (QED) is 0.519. The number of nitrogens with one attached hydrogen (secondary N) is 1. The van der Waals surface area contributed by atoms with E-state index in [-0.39, 0.29) is 4.90 Å². The minimum atomic E-state index is -3.28. The Labute approximate surface area is 188 Å². The van der Waals surface area contributed by atoms with Gasteiger partial charge in [0.2, 0.25) is 5.91 Å². The molecule has 6 heteroatoms. The van der Waals surface area contributed by atoms with E-state index >= 15 is 0 Å². The number of nitrogens with two attached hydrogens (primary N) is 1. The van der Waals surface area contributed by atoms with E-state index in [1.54, 1.807) is 30.3 Å². The summed E-state index contributed by atoms with van der Waals surface area (Å²) in [6.07, 6.45) is 7.41. The molecule has 32 heavy (non-hydrogen) atoms. The summed E-state index contributed by atoms with van der Waals surface area (Å²) < 4.78 is 23.7. The number of hydrogen-bond donors (Lipinski definition) is 2. The van der Waals surface area contributed by atoms with Gasteiger partial charge in [-0.3, -0.25) is 4.79 Å². The average Bonchev–Trinajstić information content (AvgIpc) is 2.79. The Hall–Kier alpha value is -3.38. The molecular formula is C26H26N2O3S. The Balaban J connectivity index is 1.91. The van der Waals surface area contributed by atoms with Crippen LogP contribution in [0.4, 0.5) is 11.4 Å². The monoisotopic (exact) mass is 446 g/mol. The Morgan fingerprint density at radius 3 is 2.25 bits per heavy atom. The highest BCUT2D eigenvalue weighted by atomic mass is 32.2. The van der Waals surface area contributed by atoms with Gasteiger partial charge in [-0.05, 0) is 67.2 Å². The molecule has 1 amide bonds. The molecule has 0 saturated carbocycles. The summed E-state index contributed by atoms with van der Waals surface area (Å²) in [5, 5.41) is 3.47. The molecule has 0 aromatic heterocycles. The molecule has 3 N–H and O–H groups in total. The maximum Gasteiger partial charge on any atom is 0.249 e. The molecule has 0 unspecified atom stereocenters. The molecule has 4 rings (SSSR count). The second-order valence-electron chi connectivity index (χ2n) is 8.04. The summed E-state index contributed by atoms with van der Waals surface area (Å²) in [6.45, 7) is 0. The zero-order valence-electron chi connectivity index (χ0n) is 18.0. The van der Waals surface area contributed by atoms with Crippen molar-refractivity contribution in [3.63, 3.8) is 0 Å². The largest absolute Gasteiger partial charge is 0.366 e. The standard InChI is InChI=1S/C26H26N2O3S/c1-32(30,31)21-14-12-20(13-15-21)28-25-22(18-8-4-2-5-9-18)16-17-23(26(27)29)24(25)19-10-6-3-7-11-19/h2,4-5,8-10,12-17,28H,3,6-7,11H2,1H3,(H2,27,29). The minimum Gasteiger partial charge on any atom is -0.366 e. The highest BCUT2D eigenvalue weighted by Crippen LogP contribution is 2.41. The van der Waals surface area contributed by atoms with Crippen LogP contribution in [0.1, 0.15) is 41.6 Å². The summed E-state index contributed by atoms with van der Waals surface area (Å²) in [5.74, 6) is -0.471. The molecule has 0 saturated heterocycles. The number of amides is 1. The molecule has 0 spiro atoms. The number of sulfone groups is 1. The van der Waals surface area contributed by atoms with Crippen molar-refractivity contribution in [1.82, 2.24) is 0 Å². The van der Waals surface area contributed by atoms with Gasteiger partial charge in [-0.15, -0.1) is 0 Å². The fourth-order valence-corrected chi connectivity index (χ4v) is 4.76. The molecule has 0 bridgehead atoms. The first-order valence-electron chi connectivity index (χ1n) is 10.6. The smallest absolute Gasteiger partial charge is 0.249 e. The van der Waals surface area contributed by atoms with Gasteiger partial charge in [0.15, 0.2) is 9.84 Å². The highest BCUT2D eigenvalue weighted by molar-refractivity contribution is 7.90. The fraction of sp³-hybridized carbons (Fsp3) is 0.192. The van der Waals surface area contributed by atoms with Crippen molar-refractivity contribution in [2.75, 3.05) is 11.6 Å². The fourth-order valence-electron chi connectivity index (χ4n) is 4.12. The van der Waals surface area contributed by atoms with Crippen molar-refractivity contribution in [3.05, 3.63) is 83.9 Å². The van der Waals surface area contributed by atoms with E-state index < -0.39 is 15.7 Å². The molecule has 3 aromatic rings. The highest BCUT2D eigenvalue weighted by Gasteiger charge is 2.22. The second kappa shape index (κ2) is 9.01. The van der Waals surface area contributed by atoms with E-state index in [1.165, 1.54) is 6.26 Å². The van der Waals surface area contributed by atoms with E-state index in [4.69, 9.17) is 5.73 Å². The van der Waals surface area contributed by atoms with Crippen LogP contribution in [0.3, 0.4) is 0 Å². The van der Waals surface area contributed by atoms with Crippen LogP contribution in [0.25, 0.3) is 16.7 Å². The number of rotatable bonds is 6. The predicted octanol–water partition coefficient (Wildman–Crippen LogP) is 5.56. The SMILES string of the molecule is CS(=O)(=O)c1ccc(Nc2c(-c3ccccc3)ccc(C(N)=O)c2C2=CCCCC2)cc1. The third-order valence-electron chi connectivity index (χ3n) is 5.72.